The molecular formula is C24H21F2N5. The highest BCUT2D eigenvalue weighted by Gasteiger charge is 2.16. The summed E-state index contributed by atoms with van der Waals surface area (Å²) in [5.74, 6) is -0.952. The number of aromatic amines is 1. The lowest BCUT2D eigenvalue weighted by Gasteiger charge is -2.12. The second-order valence-corrected chi connectivity index (χ2v) is 7.68. The van der Waals surface area contributed by atoms with Gasteiger partial charge in [0.15, 0.2) is 11.6 Å². The molecule has 0 radical (unpaired) electrons. The Balaban J connectivity index is 1.37. The summed E-state index contributed by atoms with van der Waals surface area (Å²) in [6, 6.07) is 13.2. The molecule has 3 heterocycles. The van der Waals surface area contributed by atoms with Crippen molar-refractivity contribution in [2.45, 2.75) is 20.4 Å². The number of hydrogen-bond donors (Lipinski definition) is 2. The van der Waals surface area contributed by atoms with E-state index in [2.05, 4.69) is 26.3 Å². The van der Waals surface area contributed by atoms with E-state index in [1.807, 2.05) is 43.5 Å². The third-order valence-electron chi connectivity index (χ3n) is 5.65. The van der Waals surface area contributed by atoms with Crippen molar-refractivity contribution in [3.05, 3.63) is 77.9 Å². The number of H-pyrrole nitrogens is 1. The van der Waals surface area contributed by atoms with Gasteiger partial charge in [0.1, 0.15) is 12.1 Å². The van der Waals surface area contributed by atoms with Crippen LogP contribution in [0.25, 0.3) is 33.1 Å². The lowest BCUT2D eigenvalue weighted by Crippen LogP contribution is -2.13. The van der Waals surface area contributed by atoms with Crippen LogP contribution in [0, 0.1) is 25.5 Å². The van der Waals surface area contributed by atoms with Gasteiger partial charge in [0.25, 0.3) is 0 Å². The molecule has 5 rings (SSSR count). The molecule has 5 aromatic rings. The molecule has 0 aliphatic carbocycles. The number of aromatic nitrogens is 4. The first kappa shape index (κ1) is 19.2. The van der Waals surface area contributed by atoms with Gasteiger partial charge in [0.05, 0.1) is 11.2 Å². The van der Waals surface area contributed by atoms with Crippen molar-refractivity contribution in [1.82, 2.24) is 19.5 Å². The molecule has 0 fully saturated rings. The number of aryl methyl sites for hydroxylation is 2. The van der Waals surface area contributed by atoms with E-state index in [4.69, 9.17) is 0 Å². The number of hydrogen-bond acceptors (Lipinski definition) is 3. The summed E-state index contributed by atoms with van der Waals surface area (Å²) in [6.45, 7) is 4.67. The number of anilines is 1. The summed E-state index contributed by atoms with van der Waals surface area (Å²) < 4.78 is 30.2. The third kappa shape index (κ3) is 3.42. The molecule has 0 amide bonds. The van der Waals surface area contributed by atoms with Crippen LogP contribution in [-0.2, 0) is 6.54 Å². The second kappa shape index (κ2) is 7.50. The first-order chi connectivity index (χ1) is 15.0. The molecule has 0 aliphatic rings. The van der Waals surface area contributed by atoms with Crippen LogP contribution in [0.15, 0.2) is 55.0 Å². The Hall–Kier alpha value is -3.74. The number of benzene rings is 2. The Labute approximate surface area is 177 Å². The number of fused-ring (bicyclic) bond motifs is 2. The zero-order chi connectivity index (χ0) is 21.5. The Kier molecular flexibility index (Phi) is 4.66. The van der Waals surface area contributed by atoms with Gasteiger partial charge in [-0.1, -0.05) is 6.07 Å². The Morgan fingerprint density at radius 2 is 1.90 bits per heavy atom. The van der Waals surface area contributed by atoms with Crippen LogP contribution in [0.4, 0.5) is 14.6 Å². The highest BCUT2D eigenvalue weighted by molar-refractivity contribution is 5.86. The van der Waals surface area contributed by atoms with Crippen LogP contribution in [0.3, 0.4) is 0 Å². The van der Waals surface area contributed by atoms with Crippen LogP contribution >= 0.6 is 0 Å². The van der Waals surface area contributed by atoms with Crippen molar-refractivity contribution in [2.75, 3.05) is 11.9 Å². The van der Waals surface area contributed by atoms with Gasteiger partial charge in [-0.05, 0) is 49.7 Å². The zero-order valence-corrected chi connectivity index (χ0v) is 17.2. The van der Waals surface area contributed by atoms with E-state index in [1.165, 1.54) is 12.4 Å². The maximum absolute atomic E-state index is 14.5. The molecule has 0 aliphatic heterocycles. The summed E-state index contributed by atoms with van der Waals surface area (Å²) in [4.78, 5) is 11.9. The average molecular weight is 417 g/mol. The zero-order valence-electron chi connectivity index (χ0n) is 17.2. The maximum Gasteiger partial charge on any atom is 0.183 e. The third-order valence-corrected chi connectivity index (χ3v) is 5.65. The van der Waals surface area contributed by atoms with Gasteiger partial charge in [-0.3, -0.25) is 0 Å². The van der Waals surface area contributed by atoms with Gasteiger partial charge >= 0.3 is 0 Å². The number of rotatable bonds is 5. The van der Waals surface area contributed by atoms with E-state index in [9.17, 15) is 8.78 Å². The number of nitrogens with zero attached hydrogens (tertiary/aromatic N) is 3. The second-order valence-electron chi connectivity index (χ2n) is 7.68. The minimum absolute atomic E-state index is 0.306. The summed E-state index contributed by atoms with van der Waals surface area (Å²) in [5.41, 5.74) is 4.80. The van der Waals surface area contributed by atoms with Crippen molar-refractivity contribution in [3.63, 3.8) is 0 Å². The molecule has 2 aromatic carbocycles. The number of nitrogens with one attached hydrogen (secondary N) is 2. The summed E-state index contributed by atoms with van der Waals surface area (Å²) in [7, 11) is 0. The van der Waals surface area contributed by atoms with E-state index in [-0.39, 0.29) is 0 Å². The Morgan fingerprint density at radius 3 is 2.77 bits per heavy atom. The van der Waals surface area contributed by atoms with Crippen LogP contribution < -0.4 is 5.32 Å². The molecule has 0 unspecified atom stereocenters. The first-order valence-electron chi connectivity index (χ1n) is 10.1. The number of halogens is 2. The van der Waals surface area contributed by atoms with Crippen molar-refractivity contribution in [2.24, 2.45) is 0 Å². The van der Waals surface area contributed by atoms with Crippen LogP contribution in [0.1, 0.15) is 11.3 Å². The molecule has 7 heteroatoms. The fraction of sp³-hybridized carbons (Fsp3) is 0.167. The molecule has 0 atom stereocenters. The molecular weight excluding hydrogens is 396 g/mol. The molecule has 0 bridgehead atoms. The maximum atomic E-state index is 14.5. The van der Waals surface area contributed by atoms with Crippen molar-refractivity contribution in [1.29, 1.82) is 0 Å². The van der Waals surface area contributed by atoms with Gasteiger partial charge in [-0.15, -0.1) is 0 Å². The lowest BCUT2D eigenvalue weighted by molar-refractivity contribution is 0.510. The van der Waals surface area contributed by atoms with E-state index in [1.54, 1.807) is 11.5 Å². The molecule has 2 N–H and O–H groups in total. The van der Waals surface area contributed by atoms with Crippen LogP contribution in [-0.4, -0.2) is 26.1 Å². The SMILES string of the molecule is Cc1cc(F)c(F)c2c1cc(C)n2CCNc1cc(-c2ccc3[nH]ccc3c2)ncn1. The molecule has 3 aromatic heterocycles. The van der Waals surface area contributed by atoms with Gasteiger partial charge in [-0.25, -0.2) is 18.7 Å². The molecule has 31 heavy (non-hydrogen) atoms. The molecule has 0 saturated heterocycles. The normalized spacial score (nSPS) is 11.5. The highest BCUT2D eigenvalue weighted by Crippen LogP contribution is 2.28. The van der Waals surface area contributed by atoms with Crippen LogP contribution in [0.5, 0.6) is 0 Å². The van der Waals surface area contributed by atoms with Gasteiger partial charge < -0.3 is 14.9 Å². The van der Waals surface area contributed by atoms with E-state index >= 15 is 0 Å². The monoisotopic (exact) mass is 417 g/mol. The Bertz CT molecular complexity index is 1420. The van der Waals surface area contributed by atoms with Gasteiger partial charge in [-0.2, -0.15) is 0 Å². The van der Waals surface area contributed by atoms with E-state index in [0.29, 0.717) is 24.4 Å². The van der Waals surface area contributed by atoms with Crippen LogP contribution in [0.2, 0.25) is 0 Å². The lowest BCUT2D eigenvalue weighted by atomic mass is 10.1. The van der Waals surface area contributed by atoms with E-state index < -0.39 is 11.6 Å². The largest absolute Gasteiger partial charge is 0.368 e. The highest BCUT2D eigenvalue weighted by atomic mass is 19.2. The predicted octanol–water partition coefficient (Wildman–Crippen LogP) is 5.59. The quantitative estimate of drug-likeness (QED) is 0.392. The van der Waals surface area contributed by atoms with Gasteiger partial charge in [0.2, 0.25) is 0 Å². The summed E-state index contributed by atoms with van der Waals surface area (Å²) in [6.07, 6.45) is 3.43. The van der Waals surface area contributed by atoms with E-state index in [0.717, 1.165) is 38.8 Å². The summed E-state index contributed by atoms with van der Waals surface area (Å²) >= 11 is 0. The molecule has 156 valence electrons. The average Bonchev–Trinajstić information content (AvgIpc) is 3.37. The molecule has 5 nitrogen and oxygen atoms in total. The smallest absolute Gasteiger partial charge is 0.183 e. The minimum Gasteiger partial charge on any atom is -0.368 e. The first-order valence-corrected chi connectivity index (χ1v) is 10.1. The molecule has 0 saturated carbocycles. The predicted molar refractivity (Wildman–Crippen MR) is 119 cm³/mol. The fourth-order valence-electron chi connectivity index (χ4n) is 4.07. The standard InChI is InChI=1S/C24H21F2N5/c1-14-9-19(25)23(26)24-18(14)10-15(2)31(24)8-7-28-22-12-21(29-13-30-22)16-3-4-20-17(11-16)5-6-27-20/h3-6,9-13,27H,7-8H2,1-2H3,(H,28,29,30). The fourth-order valence-corrected chi connectivity index (χ4v) is 4.07. The summed E-state index contributed by atoms with van der Waals surface area (Å²) in [5, 5.41) is 5.12. The van der Waals surface area contributed by atoms with Crippen molar-refractivity contribution in [3.8, 4) is 11.3 Å². The van der Waals surface area contributed by atoms with Gasteiger partial charge in [0, 0.05) is 52.9 Å². The topological polar surface area (TPSA) is 58.5 Å². The minimum atomic E-state index is -0.822. The Morgan fingerprint density at radius 1 is 1.03 bits per heavy atom. The molecule has 0 spiro atoms. The van der Waals surface area contributed by atoms with Crippen molar-refractivity contribution >= 4 is 27.6 Å². The van der Waals surface area contributed by atoms with Crippen molar-refractivity contribution < 1.29 is 8.78 Å².